The quantitative estimate of drug-likeness (QED) is 0.0159. The summed E-state index contributed by atoms with van der Waals surface area (Å²) in [5.74, 6) is -14.0. The predicted molar refractivity (Wildman–Crippen MR) is 278 cm³/mol. The number of likely N-dealkylation sites (tertiary alicyclic amines) is 1. The second-order valence-corrected chi connectivity index (χ2v) is 19.3. The van der Waals surface area contributed by atoms with Crippen LogP contribution >= 0.6 is 0 Å². The van der Waals surface area contributed by atoms with Gasteiger partial charge in [-0.1, -0.05) is 13.8 Å². The van der Waals surface area contributed by atoms with E-state index in [9.17, 15) is 77.3 Å². The Morgan fingerprint density at radius 1 is 0.532 bits per heavy atom. The number of carboxylic acid groups (broad SMARTS) is 1. The van der Waals surface area contributed by atoms with Gasteiger partial charge in [0, 0.05) is 25.9 Å². The molecular formula is C46H79N17O16. The van der Waals surface area contributed by atoms with E-state index >= 15 is 0 Å². The van der Waals surface area contributed by atoms with E-state index in [2.05, 4.69) is 52.8 Å². The van der Waals surface area contributed by atoms with Gasteiger partial charge in [-0.2, -0.15) is 0 Å². The first-order chi connectivity index (χ1) is 36.8. The van der Waals surface area contributed by atoms with Crippen molar-refractivity contribution < 1.29 is 77.3 Å². The number of nitrogens with one attached hydrogen (secondary N) is 9. The molecule has 0 saturated carbocycles. The van der Waals surface area contributed by atoms with Crippen LogP contribution in [0.5, 0.6) is 0 Å². The maximum atomic E-state index is 13.8. The number of guanidine groups is 1. The number of aliphatic carboxylic acids is 1. The topological polar surface area (TPSA) is 559 Å². The van der Waals surface area contributed by atoms with Crippen molar-refractivity contribution in [3.8, 4) is 0 Å². The minimum atomic E-state index is -1.73. The van der Waals surface area contributed by atoms with Crippen molar-refractivity contribution in [2.45, 2.75) is 172 Å². The molecule has 0 aliphatic carbocycles. The van der Waals surface area contributed by atoms with Crippen LogP contribution in [0.15, 0.2) is 4.99 Å². The molecule has 1 rings (SSSR count). The lowest BCUT2D eigenvalue weighted by Crippen LogP contribution is -2.60. The highest BCUT2D eigenvalue weighted by molar-refractivity contribution is 6.00. The molecule has 0 radical (unpaired) electrons. The zero-order chi connectivity index (χ0) is 60.4. The van der Waals surface area contributed by atoms with Crippen LogP contribution in [0.1, 0.15) is 106 Å². The Labute approximate surface area is 455 Å². The summed E-state index contributed by atoms with van der Waals surface area (Å²) < 4.78 is 0. The predicted octanol–water partition coefficient (Wildman–Crippen LogP) is -8.67. The molecule has 33 heteroatoms. The van der Waals surface area contributed by atoms with Crippen molar-refractivity contribution in [1.29, 1.82) is 0 Å². The van der Waals surface area contributed by atoms with Gasteiger partial charge < -0.3 is 97.4 Å². The Hall–Kier alpha value is -8.23. The van der Waals surface area contributed by atoms with E-state index < -0.39 is 182 Å². The zero-order valence-electron chi connectivity index (χ0n) is 45.1. The van der Waals surface area contributed by atoms with Crippen LogP contribution in [0, 0.1) is 5.92 Å². The molecule has 1 saturated heterocycles. The van der Waals surface area contributed by atoms with Crippen LogP contribution in [-0.2, 0) is 67.1 Å². The number of nitrogens with two attached hydrogens (primary N) is 6. The number of rotatable bonds is 35. The van der Waals surface area contributed by atoms with E-state index in [0.29, 0.717) is 6.42 Å². The molecule has 1 heterocycles. The summed E-state index contributed by atoms with van der Waals surface area (Å²) in [4.78, 5) is 186. The summed E-state index contributed by atoms with van der Waals surface area (Å²) in [6, 6.07) is -15.7. The van der Waals surface area contributed by atoms with E-state index in [0.717, 1.165) is 4.90 Å². The number of primary amides is 3. The van der Waals surface area contributed by atoms with Gasteiger partial charge in [-0.15, -0.1) is 0 Å². The van der Waals surface area contributed by atoms with Gasteiger partial charge in [0.2, 0.25) is 76.8 Å². The fourth-order valence-electron chi connectivity index (χ4n) is 7.55. The van der Waals surface area contributed by atoms with Crippen LogP contribution in [-0.4, -0.2) is 190 Å². The molecule has 0 aromatic heterocycles. The van der Waals surface area contributed by atoms with Gasteiger partial charge in [0.1, 0.15) is 66.5 Å². The maximum absolute atomic E-state index is 13.8. The van der Waals surface area contributed by atoms with Crippen molar-refractivity contribution in [3.63, 3.8) is 0 Å². The van der Waals surface area contributed by atoms with Gasteiger partial charge in [-0.3, -0.25) is 67.3 Å². The molecule has 1 fully saturated rings. The van der Waals surface area contributed by atoms with Crippen LogP contribution in [0.3, 0.4) is 0 Å². The number of hydrogen-bond donors (Lipinski definition) is 17. The molecule has 444 valence electrons. The summed E-state index contributed by atoms with van der Waals surface area (Å²) in [7, 11) is 0. The molecule has 1 aliphatic rings. The number of amides is 13. The Bertz CT molecular complexity index is 2260. The largest absolute Gasteiger partial charge is 0.480 e. The third kappa shape index (κ3) is 25.2. The lowest BCUT2D eigenvalue weighted by atomic mass is 10.0. The van der Waals surface area contributed by atoms with Gasteiger partial charge in [0.15, 0.2) is 5.96 Å². The first-order valence-electron chi connectivity index (χ1n) is 25.3. The van der Waals surface area contributed by atoms with Crippen LogP contribution in [0.25, 0.3) is 0 Å². The monoisotopic (exact) mass is 1130 g/mol. The molecular weight excluding hydrogens is 1050 g/mol. The Morgan fingerprint density at radius 2 is 0.924 bits per heavy atom. The second-order valence-electron chi connectivity index (χ2n) is 19.3. The standard InChI is InChI=1S/C46H79N17O16/c1-20(2)17-30(45(78)79)62-38(71)22(4)54-35(68)21(3)55-40(73)27(11-13-32(48)65)59-37(70)24(6)56-39(72)26(9-7-15-53-46(51)52)58-36(69)23(5)57-41(74)28(12-14-33(49)66)60-42(75)29(18-34(50)67)61-43(76)31-10-8-16-63(31)44(77)25(47)19-64/h20-31,64H,7-19,47H2,1-6H3,(H2,48,65)(H2,49,66)(H2,50,67)(H,54,68)(H,55,73)(H,56,72)(H,57,74)(H,58,69)(H,59,70)(H,60,75)(H,61,76)(H,62,71)(H,78,79)(H4,51,52,53)/t21-,22-,23-,24-,25-,26-,27-,28-,29-,30-,31-/m0/s1. The molecule has 23 N–H and O–H groups in total. The third-order valence-corrected chi connectivity index (χ3v) is 11.9. The number of carbonyl (C=O) groups is 14. The van der Waals surface area contributed by atoms with Crippen molar-refractivity contribution >= 4 is 88.7 Å². The maximum Gasteiger partial charge on any atom is 0.326 e. The first-order valence-corrected chi connectivity index (χ1v) is 25.3. The van der Waals surface area contributed by atoms with Gasteiger partial charge in [-0.25, -0.2) is 4.79 Å². The SMILES string of the molecule is CC(C)C[C@H](NC(=O)[C@H](C)NC(=O)[C@H](C)NC(=O)[C@H](CCC(N)=O)NC(=O)[C@H](C)NC(=O)[C@H](CCCN=C(N)N)NC(=O)[C@H](C)NC(=O)[C@H](CCC(N)=O)NC(=O)[C@H](CC(N)=O)NC(=O)[C@@H]1CCCN1C(=O)[C@@H](N)CO)C(=O)O. The van der Waals surface area contributed by atoms with Gasteiger partial charge in [0.25, 0.3) is 0 Å². The molecule has 0 bridgehead atoms. The Morgan fingerprint density at radius 3 is 1.32 bits per heavy atom. The highest BCUT2D eigenvalue weighted by Gasteiger charge is 2.39. The summed E-state index contributed by atoms with van der Waals surface area (Å²) in [6.45, 7) is 7.76. The van der Waals surface area contributed by atoms with Gasteiger partial charge in [-0.05, 0) is 78.6 Å². The lowest BCUT2D eigenvalue weighted by molar-refractivity contribution is -0.142. The minimum absolute atomic E-state index is 0.0413. The van der Waals surface area contributed by atoms with Crippen molar-refractivity contribution in [1.82, 2.24) is 52.8 Å². The smallest absolute Gasteiger partial charge is 0.326 e. The van der Waals surface area contributed by atoms with Crippen LogP contribution < -0.4 is 82.3 Å². The van der Waals surface area contributed by atoms with Crippen molar-refractivity contribution in [3.05, 3.63) is 0 Å². The molecule has 11 atom stereocenters. The van der Waals surface area contributed by atoms with E-state index in [1.54, 1.807) is 13.8 Å². The van der Waals surface area contributed by atoms with E-state index in [1.807, 2.05) is 0 Å². The molecule has 1 aliphatic heterocycles. The normalized spacial score (nSPS) is 16.7. The number of aliphatic hydroxyl groups excluding tert-OH is 1. The number of aliphatic imine (C=N–C) groups is 1. The molecule has 0 aromatic carbocycles. The Kier molecular flexibility index (Phi) is 29.4. The fraction of sp³-hybridized carbons (Fsp3) is 0.674. The highest BCUT2D eigenvalue weighted by Crippen LogP contribution is 2.19. The van der Waals surface area contributed by atoms with Crippen molar-refractivity contribution in [2.75, 3.05) is 19.7 Å². The second kappa shape index (κ2) is 33.8. The molecule has 0 aromatic rings. The average molecular weight is 1130 g/mol. The van der Waals surface area contributed by atoms with E-state index in [4.69, 9.17) is 34.4 Å². The van der Waals surface area contributed by atoms with E-state index in [-0.39, 0.29) is 57.1 Å². The number of carbonyl (C=O) groups excluding carboxylic acids is 13. The average Bonchev–Trinajstić information content (AvgIpc) is 3.86. The summed E-state index contributed by atoms with van der Waals surface area (Å²) in [5, 5.41) is 40.1. The number of hydrogen-bond acceptors (Lipinski definition) is 17. The lowest BCUT2D eigenvalue weighted by Gasteiger charge is -2.28. The highest BCUT2D eigenvalue weighted by atomic mass is 16.4. The Balaban J connectivity index is 3.24. The van der Waals surface area contributed by atoms with Gasteiger partial charge in [0.05, 0.1) is 13.0 Å². The fourth-order valence-corrected chi connectivity index (χ4v) is 7.55. The number of nitrogens with zero attached hydrogens (tertiary/aromatic N) is 2. The first kappa shape index (κ1) is 68.8. The summed E-state index contributed by atoms with van der Waals surface area (Å²) in [5.41, 5.74) is 32.5. The third-order valence-electron chi connectivity index (χ3n) is 11.9. The van der Waals surface area contributed by atoms with E-state index in [1.165, 1.54) is 27.7 Å². The summed E-state index contributed by atoms with van der Waals surface area (Å²) >= 11 is 0. The summed E-state index contributed by atoms with van der Waals surface area (Å²) in [6.07, 6.45) is -2.10. The minimum Gasteiger partial charge on any atom is -0.480 e. The molecule has 0 unspecified atom stereocenters. The number of aliphatic hydroxyl groups is 1. The van der Waals surface area contributed by atoms with Crippen molar-refractivity contribution in [2.24, 2.45) is 45.3 Å². The molecule has 0 spiro atoms. The van der Waals surface area contributed by atoms with Crippen LogP contribution in [0.2, 0.25) is 0 Å². The van der Waals surface area contributed by atoms with Crippen LogP contribution in [0.4, 0.5) is 0 Å². The number of carboxylic acids is 1. The molecule has 33 nitrogen and oxygen atoms in total. The zero-order valence-corrected chi connectivity index (χ0v) is 45.1. The van der Waals surface area contributed by atoms with Gasteiger partial charge >= 0.3 is 5.97 Å². The molecule has 13 amide bonds. The molecule has 79 heavy (non-hydrogen) atoms.